The fourth-order valence-corrected chi connectivity index (χ4v) is 5.47. The van der Waals surface area contributed by atoms with Gasteiger partial charge in [-0.25, -0.2) is 9.59 Å². The van der Waals surface area contributed by atoms with Crippen molar-refractivity contribution in [2.24, 2.45) is 5.41 Å². The van der Waals surface area contributed by atoms with Crippen LogP contribution in [0.5, 0.6) is 0 Å². The number of esters is 1. The number of amides is 1. The molecule has 33 heavy (non-hydrogen) atoms. The highest BCUT2D eigenvalue weighted by atomic mass is 16.5. The van der Waals surface area contributed by atoms with E-state index in [2.05, 4.69) is 0 Å². The predicted octanol–water partition coefficient (Wildman–Crippen LogP) is 3.37. The smallest absolute Gasteiger partial charge is 0.407 e. The van der Waals surface area contributed by atoms with Crippen LogP contribution in [0.15, 0.2) is 47.4 Å². The van der Waals surface area contributed by atoms with Crippen LogP contribution >= 0.6 is 0 Å². The number of ether oxygens (including phenoxy) is 1. The van der Waals surface area contributed by atoms with Crippen molar-refractivity contribution in [1.82, 2.24) is 9.47 Å². The minimum absolute atomic E-state index is 0.000761. The van der Waals surface area contributed by atoms with Gasteiger partial charge in [0, 0.05) is 36.3 Å². The molecule has 1 atom stereocenters. The van der Waals surface area contributed by atoms with Crippen molar-refractivity contribution >= 4 is 12.1 Å². The summed E-state index contributed by atoms with van der Waals surface area (Å²) in [6.07, 6.45) is 3.95. The van der Waals surface area contributed by atoms with Crippen molar-refractivity contribution in [3.05, 3.63) is 58.5 Å². The Bertz CT molecular complexity index is 1090. The second-order valence-electron chi connectivity index (χ2n) is 9.13. The zero-order chi connectivity index (χ0) is 23.6. The maximum Gasteiger partial charge on any atom is 0.407 e. The third-order valence-corrected chi connectivity index (χ3v) is 7.25. The summed E-state index contributed by atoms with van der Waals surface area (Å²) in [5.41, 5.74) is -0.715. The molecule has 1 aliphatic carbocycles. The van der Waals surface area contributed by atoms with Gasteiger partial charge in [0.25, 0.3) is 5.56 Å². The Hall–Kier alpha value is -3.13. The lowest BCUT2D eigenvalue weighted by Gasteiger charge is -2.51. The number of piperidine rings is 1. The Balaban J connectivity index is 1.74. The van der Waals surface area contributed by atoms with Crippen LogP contribution in [-0.2, 0) is 11.3 Å². The predicted molar refractivity (Wildman–Crippen MR) is 122 cm³/mol. The maximum atomic E-state index is 13.1. The molecule has 2 fully saturated rings. The van der Waals surface area contributed by atoms with Crippen LogP contribution in [0.2, 0.25) is 0 Å². The summed E-state index contributed by atoms with van der Waals surface area (Å²) in [6.45, 7) is 2.37. The van der Waals surface area contributed by atoms with Crippen LogP contribution in [0.4, 0.5) is 4.79 Å². The molecule has 0 unspecified atom stereocenters. The van der Waals surface area contributed by atoms with Crippen LogP contribution < -0.4 is 5.56 Å². The first-order valence-corrected chi connectivity index (χ1v) is 11.5. The molecule has 1 aromatic carbocycles. The first-order chi connectivity index (χ1) is 15.8. The summed E-state index contributed by atoms with van der Waals surface area (Å²) in [5, 5.41) is 21.3. The molecule has 0 radical (unpaired) electrons. The molecule has 1 saturated heterocycles. The molecule has 2 aromatic rings. The van der Waals surface area contributed by atoms with E-state index >= 15 is 0 Å². The fourth-order valence-electron chi connectivity index (χ4n) is 5.47. The van der Waals surface area contributed by atoms with Gasteiger partial charge < -0.3 is 24.4 Å². The SMILES string of the molecule is CCOC(=O)c1cn(C[C@@]2(O)CCN(C(=O)O)CC23CCCC3)c(=O)cc1-c1ccccc1. The van der Waals surface area contributed by atoms with Crippen molar-refractivity contribution in [2.75, 3.05) is 19.7 Å². The molecule has 2 heterocycles. The number of rotatable bonds is 5. The number of aromatic nitrogens is 1. The van der Waals surface area contributed by atoms with Gasteiger partial charge in [-0.1, -0.05) is 43.2 Å². The third kappa shape index (κ3) is 4.27. The minimum atomic E-state index is -1.25. The number of hydrogen-bond donors (Lipinski definition) is 2. The van der Waals surface area contributed by atoms with Gasteiger partial charge in [-0.2, -0.15) is 0 Å². The molecule has 1 aliphatic heterocycles. The molecular weight excluding hydrogens is 424 g/mol. The van der Waals surface area contributed by atoms with Gasteiger partial charge in [-0.15, -0.1) is 0 Å². The average molecular weight is 455 g/mol. The van der Waals surface area contributed by atoms with E-state index in [1.807, 2.05) is 30.3 Å². The Labute approximate surface area is 192 Å². The normalized spacial score (nSPS) is 21.8. The monoisotopic (exact) mass is 454 g/mol. The zero-order valence-electron chi connectivity index (χ0n) is 18.8. The van der Waals surface area contributed by atoms with E-state index in [1.54, 1.807) is 6.92 Å². The molecule has 2 N–H and O–H groups in total. The standard InChI is InChI=1S/C25H30N2O6/c1-2-33-22(29)20-15-27(21(28)14-19(20)18-8-4-3-5-9-18)17-25(32)12-13-26(23(30)31)16-24(25)10-6-7-11-24/h3-5,8-9,14-15,32H,2,6-7,10-13,16-17H2,1H3,(H,30,31)/t25-/m0/s1. The number of aliphatic hydroxyl groups is 1. The van der Waals surface area contributed by atoms with E-state index in [4.69, 9.17) is 4.74 Å². The highest BCUT2D eigenvalue weighted by Gasteiger charge is 2.55. The highest BCUT2D eigenvalue weighted by Crippen LogP contribution is 2.51. The number of hydrogen-bond acceptors (Lipinski definition) is 5. The van der Waals surface area contributed by atoms with Gasteiger partial charge in [0.15, 0.2) is 0 Å². The molecule has 0 bridgehead atoms. The summed E-state index contributed by atoms with van der Waals surface area (Å²) < 4.78 is 6.63. The van der Waals surface area contributed by atoms with Gasteiger partial charge in [0.1, 0.15) is 0 Å². The second-order valence-corrected chi connectivity index (χ2v) is 9.13. The largest absolute Gasteiger partial charge is 0.465 e. The second kappa shape index (κ2) is 9.02. The third-order valence-electron chi connectivity index (χ3n) is 7.25. The number of carbonyl (C=O) groups is 2. The van der Waals surface area contributed by atoms with Gasteiger partial charge in [-0.05, 0) is 31.7 Å². The molecule has 1 spiro atoms. The Morgan fingerprint density at radius 2 is 1.82 bits per heavy atom. The van der Waals surface area contributed by atoms with Crippen LogP contribution in [0.3, 0.4) is 0 Å². The van der Waals surface area contributed by atoms with E-state index in [0.29, 0.717) is 18.4 Å². The molecule has 176 valence electrons. The van der Waals surface area contributed by atoms with Crippen LogP contribution in [-0.4, -0.2) is 57.0 Å². The van der Waals surface area contributed by atoms with Crippen molar-refractivity contribution in [1.29, 1.82) is 0 Å². The Morgan fingerprint density at radius 3 is 2.45 bits per heavy atom. The summed E-state index contributed by atoms with van der Waals surface area (Å²) in [4.78, 5) is 38.9. The van der Waals surface area contributed by atoms with E-state index in [9.17, 15) is 24.6 Å². The molecule has 2 aliphatic rings. The van der Waals surface area contributed by atoms with E-state index in [1.165, 1.54) is 21.7 Å². The zero-order valence-corrected chi connectivity index (χ0v) is 18.8. The quantitative estimate of drug-likeness (QED) is 0.671. The lowest BCUT2D eigenvalue weighted by atomic mass is 9.66. The number of likely N-dealkylation sites (tertiary alicyclic amines) is 1. The fraction of sp³-hybridized carbons (Fsp3) is 0.480. The Kier molecular flexibility index (Phi) is 6.30. The molecule has 1 aromatic heterocycles. The summed E-state index contributed by atoms with van der Waals surface area (Å²) >= 11 is 0. The maximum absolute atomic E-state index is 13.1. The topological polar surface area (TPSA) is 109 Å². The summed E-state index contributed by atoms with van der Waals surface area (Å²) in [6, 6.07) is 10.6. The van der Waals surface area contributed by atoms with E-state index < -0.39 is 23.1 Å². The van der Waals surface area contributed by atoms with Crippen LogP contribution in [0.25, 0.3) is 11.1 Å². The molecular formula is C25H30N2O6. The lowest BCUT2D eigenvalue weighted by molar-refractivity contribution is -0.137. The van der Waals surface area contributed by atoms with E-state index in [0.717, 1.165) is 18.4 Å². The molecule has 4 rings (SSSR count). The van der Waals surface area contributed by atoms with Gasteiger partial charge in [-0.3, -0.25) is 4.79 Å². The number of pyridine rings is 1. The minimum Gasteiger partial charge on any atom is -0.465 e. The lowest BCUT2D eigenvalue weighted by Crippen LogP contribution is -2.62. The van der Waals surface area contributed by atoms with Gasteiger partial charge in [0.2, 0.25) is 0 Å². The van der Waals surface area contributed by atoms with Gasteiger partial charge in [0.05, 0.1) is 24.3 Å². The number of carbonyl (C=O) groups excluding carboxylic acids is 1. The first kappa shape index (κ1) is 23.0. The van der Waals surface area contributed by atoms with Crippen LogP contribution in [0.1, 0.15) is 49.4 Å². The van der Waals surface area contributed by atoms with Crippen molar-refractivity contribution < 1.29 is 24.5 Å². The average Bonchev–Trinajstić information content (AvgIpc) is 3.27. The number of benzene rings is 1. The molecule has 1 saturated carbocycles. The molecule has 1 amide bonds. The van der Waals surface area contributed by atoms with Crippen molar-refractivity contribution in [3.8, 4) is 11.1 Å². The molecule has 8 heteroatoms. The summed E-state index contributed by atoms with van der Waals surface area (Å²) in [5.74, 6) is -0.534. The van der Waals surface area contributed by atoms with Gasteiger partial charge >= 0.3 is 12.1 Å². The Morgan fingerprint density at radius 1 is 1.12 bits per heavy atom. The summed E-state index contributed by atoms with van der Waals surface area (Å²) in [7, 11) is 0. The number of nitrogens with zero attached hydrogens (tertiary/aromatic N) is 2. The number of carboxylic acid groups (broad SMARTS) is 1. The van der Waals surface area contributed by atoms with E-state index in [-0.39, 0.29) is 43.8 Å². The highest BCUT2D eigenvalue weighted by molar-refractivity contribution is 5.96. The van der Waals surface area contributed by atoms with Crippen molar-refractivity contribution in [3.63, 3.8) is 0 Å². The first-order valence-electron chi connectivity index (χ1n) is 11.5. The molecule has 8 nitrogen and oxygen atoms in total. The van der Waals surface area contributed by atoms with Crippen molar-refractivity contribution in [2.45, 2.75) is 51.2 Å². The van der Waals surface area contributed by atoms with Crippen LogP contribution in [0, 0.1) is 5.41 Å².